The molecule has 1 heterocycles. The maximum Gasteiger partial charge on any atom is 0.266 e. The minimum atomic E-state index is -3.59. The number of rotatable bonds is 6. The van der Waals surface area contributed by atoms with Crippen molar-refractivity contribution in [2.75, 3.05) is 26.2 Å². The number of nitrogens with one attached hydrogen (secondary N) is 1. The molecule has 2 rings (SSSR count). The molecular weight excluding hydrogens is 394 g/mol. The van der Waals surface area contributed by atoms with Crippen molar-refractivity contribution in [1.29, 1.82) is 0 Å². The molecular formula is C16H24BrN3O3S. The van der Waals surface area contributed by atoms with Crippen LogP contribution in [0, 0.1) is 0 Å². The molecule has 0 spiro atoms. The first-order valence-electron chi connectivity index (χ1n) is 8.25. The van der Waals surface area contributed by atoms with Gasteiger partial charge in [0.05, 0.1) is 10.5 Å². The van der Waals surface area contributed by atoms with Crippen LogP contribution in [0.3, 0.4) is 0 Å². The van der Waals surface area contributed by atoms with Crippen LogP contribution in [0.5, 0.6) is 0 Å². The second-order valence-corrected chi connectivity index (χ2v) is 8.51. The van der Waals surface area contributed by atoms with Crippen molar-refractivity contribution in [2.24, 2.45) is 0 Å². The first-order chi connectivity index (χ1) is 11.4. The highest BCUT2D eigenvalue weighted by Crippen LogP contribution is 2.23. The molecule has 0 aromatic heterocycles. The van der Waals surface area contributed by atoms with Gasteiger partial charge in [-0.2, -0.15) is 4.31 Å². The smallest absolute Gasteiger partial charge is 0.266 e. The van der Waals surface area contributed by atoms with E-state index in [9.17, 15) is 13.2 Å². The number of nitrogens with zero attached hydrogens (tertiary/aromatic N) is 2. The van der Waals surface area contributed by atoms with E-state index in [4.69, 9.17) is 0 Å². The number of piperidine rings is 1. The Hall–Kier alpha value is -0.960. The summed E-state index contributed by atoms with van der Waals surface area (Å²) in [6.07, 6.45) is 3.28. The molecule has 0 unspecified atom stereocenters. The maximum atomic E-state index is 12.6. The first-order valence-corrected chi connectivity index (χ1v) is 10.5. The lowest BCUT2D eigenvalue weighted by Gasteiger charge is -2.27. The molecule has 1 aliphatic rings. The average molecular weight is 418 g/mol. The standard InChI is InChI=1S/C16H24BrN3O3S/c1-3-20(4-2)24(22,23)13-8-9-15(17)14(12-13)16(21)18-19-10-6-5-7-11-19/h8-9,12H,3-7,10-11H2,1-2H3,(H,18,21). The van der Waals surface area contributed by atoms with Crippen LogP contribution >= 0.6 is 15.9 Å². The Balaban J connectivity index is 2.26. The molecule has 0 aliphatic carbocycles. The zero-order chi connectivity index (χ0) is 17.7. The molecule has 24 heavy (non-hydrogen) atoms. The third-order valence-corrected chi connectivity index (χ3v) is 6.88. The van der Waals surface area contributed by atoms with E-state index < -0.39 is 10.0 Å². The molecule has 0 saturated carbocycles. The van der Waals surface area contributed by atoms with Gasteiger partial charge in [-0.25, -0.2) is 13.4 Å². The molecule has 1 fully saturated rings. The average Bonchev–Trinajstić information content (AvgIpc) is 2.56. The van der Waals surface area contributed by atoms with E-state index >= 15 is 0 Å². The lowest BCUT2D eigenvalue weighted by atomic mass is 10.1. The van der Waals surface area contributed by atoms with Gasteiger partial charge < -0.3 is 0 Å². The molecule has 1 aliphatic heterocycles. The summed E-state index contributed by atoms with van der Waals surface area (Å²) in [5.74, 6) is -0.291. The Morgan fingerprint density at radius 3 is 2.42 bits per heavy atom. The van der Waals surface area contributed by atoms with Crippen molar-refractivity contribution in [3.05, 3.63) is 28.2 Å². The van der Waals surface area contributed by atoms with Gasteiger partial charge in [-0.1, -0.05) is 20.3 Å². The van der Waals surface area contributed by atoms with Crippen molar-refractivity contribution < 1.29 is 13.2 Å². The highest BCUT2D eigenvalue weighted by atomic mass is 79.9. The summed E-state index contributed by atoms with van der Waals surface area (Å²) in [7, 11) is -3.59. The molecule has 0 bridgehead atoms. The lowest BCUT2D eigenvalue weighted by Crippen LogP contribution is -2.45. The number of halogens is 1. The van der Waals surface area contributed by atoms with Crippen LogP contribution in [0.2, 0.25) is 0 Å². The van der Waals surface area contributed by atoms with Crippen LogP contribution in [0.25, 0.3) is 0 Å². The molecule has 1 aromatic carbocycles. The Kier molecular flexibility index (Phi) is 6.79. The largest absolute Gasteiger partial charge is 0.285 e. The normalized spacial score (nSPS) is 16.3. The zero-order valence-corrected chi connectivity index (χ0v) is 16.5. The van der Waals surface area contributed by atoms with Crippen LogP contribution in [0.1, 0.15) is 43.5 Å². The van der Waals surface area contributed by atoms with Crippen LogP contribution in [0.15, 0.2) is 27.6 Å². The van der Waals surface area contributed by atoms with Gasteiger partial charge in [0.25, 0.3) is 5.91 Å². The molecule has 134 valence electrons. The van der Waals surface area contributed by atoms with E-state index in [-0.39, 0.29) is 10.8 Å². The van der Waals surface area contributed by atoms with Gasteiger partial charge in [0.2, 0.25) is 10.0 Å². The molecule has 1 saturated heterocycles. The lowest BCUT2D eigenvalue weighted by molar-refractivity contribution is 0.0749. The second-order valence-electron chi connectivity index (χ2n) is 5.72. The van der Waals surface area contributed by atoms with Gasteiger partial charge >= 0.3 is 0 Å². The highest BCUT2D eigenvalue weighted by molar-refractivity contribution is 9.10. The van der Waals surface area contributed by atoms with E-state index in [1.54, 1.807) is 19.9 Å². The Labute approximate surface area is 152 Å². The van der Waals surface area contributed by atoms with Gasteiger partial charge in [0.15, 0.2) is 0 Å². The predicted octanol–water partition coefficient (Wildman–Crippen LogP) is 2.61. The zero-order valence-electron chi connectivity index (χ0n) is 14.1. The van der Waals surface area contributed by atoms with Gasteiger partial charge in [0, 0.05) is 30.7 Å². The number of benzene rings is 1. The number of hydrogen-bond acceptors (Lipinski definition) is 4. The fourth-order valence-electron chi connectivity index (χ4n) is 2.76. The Morgan fingerprint density at radius 1 is 1.21 bits per heavy atom. The molecule has 0 radical (unpaired) electrons. The van der Waals surface area contributed by atoms with Gasteiger partial charge in [-0.05, 0) is 47.0 Å². The van der Waals surface area contributed by atoms with Crippen LogP contribution in [-0.2, 0) is 10.0 Å². The monoisotopic (exact) mass is 417 g/mol. The number of sulfonamides is 1. The fourth-order valence-corrected chi connectivity index (χ4v) is 4.67. The summed E-state index contributed by atoms with van der Waals surface area (Å²) in [5, 5.41) is 1.89. The minimum absolute atomic E-state index is 0.137. The highest BCUT2D eigenvalue weighted by Gasteiger charge is 2.24. The first kappa shape index (κ1) is 19.4. The van der Waals surface area contributed by atoms with E-state index in [1.165, 1.54) is 22.9 Å². The van der Waals surface area contributed by atoms with Crippen molar-refractivity contribution >= 4 is 31.9 Å². The second kappa shape index (κ2) is 8.42. The topological polar surface area (TPSA) is 69.7 Å². The Bertz CT molecular complexity index is 684. The Morgan fingerprint density at radius 2 is 1.83 bits per heavy atom. The van der Waals surface area contributed by atoms with Crippen LogP contribution in [0.4, 0.5) is 0 Å². The molecule has 0 atom stereocenters. The predicted molar refractivity (Wildman–Crippen MR) is 97.1 cm³/mol. The number of amides is 1. The van der Waals surface area contributed by atoms with Gasteiger partial charge in [0.1, 0.15) is 0 Å². The molecule has 6 nitrogen and oxygen atoms in total. The molecule has 8 heteroatoms. The molecule has 1 amide bonds. The van der Waals surface area contributed by atoms with Crippen molar-refractivity contribution in [1.82, 2.24) is 14.7 Å². The molecule has 1 N–H and O–H groups in total. The van der Waals surface area contributed by atoms with E-state index in [2.05, 4.69) is 21.4 Å². The number of hydrogen-bond donors (Lipinski definition) is 1. The van der Waals surface area contributed by atoms with E-state index in [0.717, 1.165) is 25.9 Å². The third-order valence-electron chi connectivity index (χ3n) is 4.14. The van der Waals surface area contributed by atoms with Crippen LogP contribution in [-0.4, -0.2) is 49.8 Å². The summed E-state index contributed by atoms with van der Waals surface area (Å²) < 4.78 is 27.2. The quantitative estimate of drug-likeness (QED) is 0.771. The van der Waals surface area contributed by atoms with Gasteiger partial charge in [-0.3, -0.25) is 10.2 Å². The van der Waals surface area contributed by atoms with Gasteiger partial charge in [-0.15, -0.1) is 0 Å². The summed E-state index contributed by atoms with van der Waals surface area (Å²) in [4.78, 5) is 12.7. The number of hydrazine groups is 1. The third kappa shape index (κ3) is 4.36. The maximum absolute atomic E-state index is 12.6. The van der Waals surface area contributed by atoms with E-state index in [0.29, 0.717) is 23.1 Å². The van der Waals surface area contributed by atoms with E-state index in [1.807, 2.05) is 5.01 Å². The van der Waals surface area contributed by atoms with Crippen LogP contribution < -0.4 is 5.43 Å². The summed E-state index contributed by atoms with van der Waals surface area (Å²) in [6.45, 7) is 6.02. The fraction of sp³-hybridized carbons (Fsp3) is 0.562. The van der Waals surface area contributed by atoms with Crippen molar-refractivity contribution in [3.63, 3.8) is 0 Å². The summed E-state index contributed by atoms with van der Waals surface area (Å²) in [6, 6.07) is 4.58. The van der Waals surface area contributed by atoms with Crippen molar-refractivity contribution in [3.8, 4) is 0 Å². The SMILES string of the molecule is CCN(CC)S(=O)(=O)c1ccc(Br)c(C(=O)NN2CCCCC2)c1. The van der Waals surface area contributed by atoms with Crippen molar-refractivity contribution in [2.45, 2.75) is 38.0 Å². The summed E-state index contributed by atoms with van der Waals surface area (Å²) in [5.41, 5.74) is 3.20. The summed E-state index contributed by atoms with van der Waals surface area (Å²) >= 11 is 3.35. The molecule has 1 aromatic rings. The number of carbonyl (C=O) groups is 1. The number of carbonyl (C=O) groups excluding carboxylic acids is 1. The minimum Gasteiger partial charge on any atom is -0.285 e.